The van der Waals surface area contributed by atoms with Crippen molar-refractivity contribution in [1.82, 2.24) is 10.2 Å². The van der Waals surface area contributed by atoms with E-state index in [-0.39, 0.29) is 5.91 Å². The molecule has 0 saturated carbocycles. The van der Waals surface area contributed by atoms with Crippen LogP contribution in [-0.4, -0.2) is 43.6 Å². The maximum atomic E-state index is 11.6. The van der Waals surface area contributed by atoms with Gasteiger partial charge >= 0.3 is 0 Å². The fourth-order valence-corrected chi connectivity index (χ4v) is 1.92. The van der Waals surface area contributed by atoms with Crippen LogP contribution in [0.25, 0.3) is 0 Å². The Morgan fingerprint density at radius 3 is 2.55 bits per heavy atom. The van der Waals surface area contributed by atoms with Crippen LogP contribution in [0.5, 0.6) is 5.75 Å². The number of benzene rings is 1. The third-order valence-corrected chi connectivity index (χ3v) is 3.20. The van der Waals surface area contributed by atoms with Crippen LogP contribution >= 0.6 is 0 Å². The van der Waals surface area contributed by atoms with Gasteiger partial charge in [-0.2, -0.15) is 0 Å². The van der Waals surface area contributed by atoms with Gasteiger partial charge in [0.25, 0.3) is 0 Å². The number of para-hydroxylation sites is 1. The number of rotatable bonds is 10. The van der Waals surface area contributed by atoms with Crippen molar-refractivity contribution in [2.45, 2.75) is 26.7 Å². The molecule has 4 nitrogen and oxygen atoms in total. The van der Waals surface area contributed by atoms with Gasteiger partial charge < -0.3 is 15.0 Å². The number of likely N-dealkylation sites (N-methyl/N-ethyl adjacent to an activating group) is 1. The molecule has 0 bridgehead atoms. The number of carbonyl (C=O) groups excluding carboxylic acids is 1. The fraction of sp³-hybridized carbons (Fsp3) is 0.562. The normalized spacial score (nSPS) is 10.6. The highest BCUT2D eigenvalue weighted by Gasteiger charge is 2.03. The van der Waals surface area contributed by atoms with E-state index in [9.17, 15) is 4.79 Å². The molecule has 20 heavy (non-hydrogen) atoms. The van der Waals surface area contributed by atoms with Crippen LogP contribution in [0.2, 0.25) is 0 Å². The SMILES string of the molecule is CCN(CC)CCNC(=O)CCCOc1ccccc1. The lowest BCUT2D eigenvalue weighted by molar-refractivity contribution is -0.121. The summed E-state index contributed by atoms with van der Waals surface area (Å²) in [6.07, 6.45) is 1.26. The molecule has 1 aromatic rings. The van der Waals surface area contributed by atoms with Crippen molar-refractivity contribution in [3.05, 3.63) is 30.3 Å². The quantitative estimate of drug-likeness (QED) is 0.668. The molecule has 0 spiro atoms. The molecule has 0 aliphatic heterocycles. The lowest BCUT2D eigenvalue weighted by atomic mass is 10.3. The first kappa shape index (κ1) is 16.5. The van der Waals surface area contributed by atoms with E-state index in [1.807, 2.05) is 30.3 Å². The Labute approximate surface area is 122 Å². The van der Waals surface area contributed by atoms with Crippen LogP contribution in [0.4, 0.5) is 0 Å². The van der Waals surface area contributed by atoms with Crippen molar-refractivity contribution in [3.8, 4) is 5.75 Å². The second-order valence-electron chi connectivity index (χ2n) is 4.64. The highest BCUT2D eigenvalue weighted by molar-refractivity contribution is 5.75. The fourth-order valence-electron chi connectivity index (χ4n) is 1.92. The molecule has 112 valence electrons. The van der Waals surface area contributed by atoms with Crippen LogP contribution in [0.1, 0.15) is 26.7 Å². The second-order valence-corrected chi connectivity index (χ2v) is 4.64. The van der Waals surface area contributed by atoms with E-state index >= 15 is 0 Å². The molecular weight excluding hydrogens is 252 g/mol. The zero-order chi connectivity index (χ0) is 14.6. The minimum atomic E-state index is 0.105. The largest absolute Gasteiger partial charge is 0.494 e. The molecule has 0 unspecified atom stereocenters. The molecule has 0 aliphatic rings. The van der Waals surface area contributed by atoms with Crippen LogP contribution < -0.4 is 10.1 Å². The summed E-state index contributed by atoms with van der Waals surface area (Å²) in [6.45, 7) is 8.53. The van der Waals surface area contributed by atoms with E-state index in [0.29, 0.717) is 13.0 Å². The molecule has 0 radical (unpaired) electrons. The predicted molar refractivity (Wildman–Crippen MR) is 82.0 cm³/mol. The molecule has 0 aliphatic carbocycles. The van der Waals surface area contributed by atoms with Gasteiger partial charge in [-0.1, -0.05) is 32.0 Å². The van der Waals surface area contributed by atoms with Gasteiger partial charge in [0, 0.05) is 19.5 Å². The minimum Gasteiger partial charge on any atom is -0.494 e. The van der Waals surface area contributed by atoms with E-state index in [0.717, 1.165) is 38.3 Å². The maximum absolute atomic E-state index is 11.6. The highest BCUT2D eigenvalue weighted by Crippen LogP contribution is 2.08. The number of hydrogen-bond donors (Lipinski definition) is 1. The van der Waals surface area contributed by atoms with Crippen LogP contribution in [0.3, 0.4) is 0 Å². The van der Waals surface area contributed by atoms with Gasteiger partial charge in [0.15, 0.2) is 0 Å². The summed E-state index contributed by atoms with van der Waals surface area (Å²) in [7, 11) is 0. The molecule has 4 heteroatoms. The number of ether oxygens (including phenoxy) is 1. The standard InChI is InChI=1S/C16H26N2O2/c1-3-18(4-2)13-12-17-16(19)11-8-14-20-15-9-6-5-7-10-15/h5-7,9-10H,3-4,8,11-14H2,1-2H3,(H,17,19). The first-order chi connectivity index (χ1) is 9.76. The van der Waals surface area contributed by atoms with Crippen molar-refractivity contribution in [2.75, 3.05) is 32.8 Å². The number of nitrogens with one attached hydrogen (secondary N) is 1. The average molecular weight is 278 g/mol. The summed E-state index contributed by atoms with van der Waals surface area (Å²) in [6, 6.07) is 9.68. The van der Waals surface area contributed by atoms with Crippen LogP contribution in [0, 0.1) is 0 Å². The third kappa shape index (κ3) is 7.14. The Hall–Kier alpha value is -1.55. The molecule has 0 saturated heterocycles. The van der Waals surface area contributed by atoms with Crippen molar-refractivity contribution < 1.29 is 9.53 Å². The average Bonchev–Trinajstić information content (AvgIpc) is 2.49. The second kappa shape index (κ2) is 10.3. The predicted octanol–water partition coefficient (Wildman–Crippen LogP) is 2.30. The summed E-state index contributed by atoms with van der Waals surface area (Å²) in [5.41, 5.74) is 0. The Bertz CT molecular complexity index is 364. The topological polar surface area (TPSA) is 41.6 Å². The molecule has 0 heterocycles. The van der Waals surface area contributed by atoms with E-state index in [1.165, 1.54) is 0 Å². The summed E-state index contributed by atoms with van der Waals surface area (Å²) >= 11 is 0. The third-order valence-electron chi connectivity index (χ3n) is 3.20. The van der Waals surface area contributed by atoms with E-state index < -0.39 is 0 Å². The van der Waals surface area contributed by atoms with E-state index in [2.05, 4.69) is 24.1 Å². The molecule has 0 atom stereocenters. The Kier molecular flexibility index (Phi) is 8.47. The minimum absolute atomic E-state index is 0.105. The van der Waals surface area contributed by atoms with E-state index in [1.54, 1.807) is 0 Å². The summed E-state index contributed by atoms with van der Waals surface area (Å²) in [5.74, 6) is 0.961. The van der Waals surface area contributed by atoms with Crippen molar-refractivity contribution in [2.24, 2.45) is 0 Å². The summed E-state index contributed by atoms with van der Waals surface area (Å²) in [4.78, 5) is 13.9. The summed E-state index contributed by atoms with van der Waals surface area (Å²) in [5, 5.41) is 2.94. The highest BCUT2D eigenvalue weighted by atomic mass is 16.5. The van der Waals surface area contributed by atoms with Crippen molar-refractivity contribution in [1.29, 1.82) is 0 Å². The van der Waals surface area contributed by atoms with Gasteiger partial charge in [0.2, 0.25) is 5.91 Å². The molecule has 1 rings (SSSR count). The van der Waals surface area contributed by atoms with Gasteiger partial charge in [-0.25, -0.2) is 0 Å². The molecule has 0 fully saturated rings. The van der Waals surface area contributed by atoms with Gasteiger partial charge in [0.05, 0.1) is 6.61 Å². The zero-order valence-corrected chi connectivity index (χ0v) is 12.6. The number of hydrogen-bond acceptors (Lipinski definition) is 3. The van der Waals surface area contributed by atoms with Crippen LogP contribution in [-0.2, 0) is 4.79 Å². The molecule has 1 aromatic carbocycles. The first-order valence-corrected chi connectivity index (χ1v) is 7.43. The van der Waals surface area contributed by atoms with Gasteiger partial charge in [-0.05, 0) is 31.6 Å². The number of nitrogens with zero attached hydrogens (tertiary/aromatic N) is 1. The Morgan fingerprint density at radius 2 is 1.90 bits per heavy atom. The first-order valence-electron chi connectivity index (χ1n) is 7.43. The maximum Gasteiger partial charge on any atom is 0.220 e. The van der Waals surface area contributed by atoms with Crippen molar-refractivity contribution >= 4 is 5.91 Å². The summed E-state index contributed by atoms with van der Waals surface area (Å²) < 4.78 is 5.55. The van der Waals surface area contributed by atoms with Gasteiger partial charge in [0.1, 0.15) is 5.75 Å². The number of amides is 1. The molecule has 1 N–H and O–H groups in total. The molecular formula is C16H26N2O2. The zero-order valence-electron chi connectivity index (χ0n) is 12.6. The van der Waals surface area contributed by atoms with E-state index in [4.69, 9.17) is 4.74 Å². The van der Waals surface area contributed by atoms with Gasteiger partial charge in [-0.15, -0.1) is 0 Å². The van der Waals surface area contributed by atoms with Gasteiger partial charge in [-0.3, -0.25) is 4.79 Å². The lowest BCUT2D eigenvalue weighted by Crippen LogP contribution is -2.34. The van der Waals surface area contributed by atoms with Crippen molar-refractivity contribution in [3.63, 3.8) is 0 Å². The Morgan fingerprint density at radius 1 is 1.20 bits per heavy atom. The number of carbonyl (C=O) groups is 1. The van der Waals surface area contributed by atoms with Crippen LogP contribution in [0.15, 0.2) is 30.3 Å². The monoisotopic (exact) mass is 278 g/mol. The molecule has 0 aromatic heterocycles. The smallest absolute Gasteiger partial charge is 0.220 e. The Balaban J connectivity index is 2.03. The molecule has 1 amide bonds. The lowest BCUT2D eigenvalue weighted by Gasteiger charge is -2.17.